The van der Waals surface area contributed by atoms with Crippen LogP contribution in [0.5, 0.6) is 0 Å². The molecule has 5 amide bonds. The number of ether oxygens (including phenoxy) is 5. The Bertz CT molecular complexity index is 5810. The fourth-order valence-electron chi connectivity index (χ4n) is 16.5. The Labute approximate surface area is 809 Å². The lowest BCUT2D eigenvalue weighted by Gasteiger charge is -2.37. The first kappa shape index (κ1) is 101. The summed E-state index contributed by atoms with van der Waals surface area (Å²) in [6, 6.07) is 20.1. The van der Waals surface area contributed by atoms with Gasteiger partial charge in [0.25, 0.3) is 10.0 Å². The molecule has 0 spiro atoms. The standard InChI is InChI=1S/C22H26N4O4S.C21H26N4O2S.C17H24BN3O4.2C17H23N3O2.C4H4BrNS/c1-22(2,3)30-21(27)25-15-13-24(14-16-25)19-9-11-23-20-18(19)10-12-26(20)31(28,29)17-7-5-4-6-8-17;1-14-23-18(13-28-14)15-11-16-17(12-15)22-6-5-19(16)24-7-9-25(10-8-24)20(26)27-21(2,3)4;1-17(2,3)25-16(22)21-8-6-20(7-9-21)15-4-5-19-14-11-12(18(23)24)10-13(14)15;2*1-17(2,3)22-16(21)20-11-9-19(10-12-20)15-7-8-18-14-6-4-5-13(14)15;1-3-6-4(5)2-7-3/h4-12H,13-16H2,1-3H3;5-6,11,13H,7-10,12H2,1-4H3;4-5,10,23-24H,6-9,11H2,1-3H3;2*4-5,7-8H,6,9-12H2,1-3H3;2H,1H3. The van der Waals surface area contributed by atoms with Gasteiger partial charge >= 0.3 is 37.6 Å². The van der Waals surface area contributed by atoms with Crippen LogP contribution in [-0.4, -0.2) is 278 Å². The molecule has 13 heterocycles. The van der Waals surface area contributed by atoms with Gasteiger partial charge in [0.1, 0.15) is 32.6 Å². The van der Waals surface area contributed by atoms with Crippen molar-refractivity contribution in [2.75, 3.05) is 155 Å². The highest BCUT2D eigenvalue weighted by Crippen LogP contribution is 2.40. The van der Waals surface area contributed by atoms with Crippen molar-refractivity contribution in [1.82, 2.24) is 63.4 Å². The first-order valence-corrected chi connectivity index (χ1v) is 49.8. The molecule has 32 nitrogen and oxygen atoms in total. The molecular weight excluding hydrogens is 1840 g/mol. The largest absolute Gasteiger partial charge is 0.484 e. The van der Waals surface area contributed by atoms with Crippen LogP contribution in [0.4, 0.5) is 52.4 Å². The minimum absolute atomic E-state index is 0.214. The first-order chi connectivity index (χ1) is 63.9. The lowest BCUT2D eigenvalue weighted by atomic mass is 9.79. The van der Waals surface area contributed by atoms with Crippen molar-refractivity contribution >= 4 is 156 Å². The van der Waals surface area contributed by atoms with E-state index in [1.54, 1.807) is 102 Å². The summed E-state index contributed by atoms with van der Waals surface area (Å²) in [5.74, 6) is 0. The SMILES string of the molecule is CC(C)(C)OC(=O)N1CCN(c2ccnc3c2C=C(B(O)O)C3)CC1.CC(C)(C)OC(=O)N1CCN(c2ccnc3c2C=CC3)CC1.CC(C)(C)OC(=O)N1CCN(c2ccnc3c2C=CC3)CC1.CC(C)(C)OC(=O)N1CCN(c2ccnc3c2ccn3S(=O)(=O)c2ccccc2)CC1.Cc1nc(Br)cs1.Cc1nc(C2=Cc3c(N4CCN(C(=O)OC(C)(C)C)CC4)ccnc3C2)cs1. The first-order valence-electron chi connectivity index (χ1n) is 45.8. The van der Waals surface area contributed by atoms with Gasteiger partial charge in [-0.05, 0) is 199 Å². The third-order valence-electron chi connectivity index (χ3n) is 22.8. The highest BCUT2D eigenvalue weighted by Gasteiger charge is 2.36. The van der Waals surface area contributed by atoms with Gasteiger partial charge in [0.2, 0.25) is 0 Å². The monoisotopic (exact) mass is 1960 g/mol. The predicted octanol–water partition coefficient (Wildman–Crippen LogP) is 16.1. The van der Waals surface area contributed by atoms with Gasteiger partial charge in [-0.3, -0.25) is 19.9 Å². The molecule has 8 aromatic heterocycles. The summed E-state index contributed by atoms with van der Waals surface area (Å²) in [4.78, 5) is 112. The van der Waals surface area contributed by atoms with E-state index in [4.69, 9.17) is 23.7 Å². The van der Waals surface area contributed by atoms with Crippen LogP contribution in [0.2, 0.25) is 0 Å². The van der Waals surface area contributed by atoms with Crippen LogP contribution in [0.1, 0.15) is 165 Å². The Kier molecular flexibility index (Phi) is 32.3. The number of hydrogen-bond acceptors (Lipinski definition) is 28. The van der Waals surface area contributed by atoms with E-state index in [0.29, 0.717) is 109 Å². The summed E-state index contributed by atoms with van der Waals surface area (Å²) in [5.41, 5.74) is 15.3. The van der Waals surface area contributed by atoms with Crippen LogP contribution < -0.4 is 24.5 Å². The zero-order valence-corrected chi connectivity index (χ0v) is 84.5. The van der Waals surface area contributed by atoms with Crippen LogP contribution in [0, 0.1) is 13.8 Å². The Morgan fingerprint density at radius 2 is 0.733 bits per heavy atom. The number of rotatable bonds is 9. The number of hydrogen-bond donors (Lipinski definition) is 2. The van der Waals surface area contributed by atoms with Gasteiger partial charge in [0.05, 0.1) is 43.4 Å². The average molecular weight is 1970 g/mol. The van der Waals surface area contributed by atoms with Gasteiger partial charge in [0, 0.05) is 261 Å². The van der Waals surface area contributed by atoms with Crippen molar-refractivity contribution in [2.45, 2.75) is 176 Å². The maximum Gasteiger partial charge on any atom is 0.484 e. The number of fused-ring (bicyclic) bond motifs is 5. The molecule has 9 aliphatic rings. The lowest BCUT2D eigenvalue weighted by Crippen LogP contribution is -2.50. The number of piperazine rings is 5. The number of nitrogens with zero attached hydrogens (tertiary/aromatic N) is 18. The fourth-order valence-corrected chi connectivity index (χ4v) is 19.6. The minimum Gasteiger partial charge on any atom is -0.444 e. The Hall–Kier alpha value is -11.5. The molecule has 135 heavy (non-hydrogen) atoms. The van der Waals surface area contributed by atoms with Crippen LogP contribution in [0.25, 0.3) is 40.9 Å². The number of aromatic nitrogens is 8. The number of carbonyl (C=O) groups is 5. The molecule has 9 aromatic rings. The van der Waals surface area contributed by atoms with Crippen LogP contribution >= 0.6 is 38.6 Å². The van der Waals surface area contributed by atoms with E-state index in [9.17, 15) is 42.4 Å². The molecule has 5 fully saturated rings. The van der Waals surface area contributed by atoms with Gasteiger partial charge in [-0.25, -0.2) is 51.3 Å². The molecule has 5 saturated heterocycles. The number of anilines is 5. The highest BCUT2D eigenvalue weighted by atomic mass is 79.9. The van der Waals surface area contributed by atoms with E-state index in [-0.39, 0.29) is 35.4 Å². The second kappa shape index (κ2) is 43.2. The number of halogens is 1. The van der Waals surface area contributed by atoms with E-state index in [0.717, 1.165) is 124 Å². The minimum atomic E-state index is -3.74. The smallest absolute Gasteiger partial charge is 0.444 e. The molecule has 1 aromatic carbocycles. The topological polar surface area (TPSA) is 334 Å². The van der Waals surface area contributed by atoms with Crippen molar-refractivity contribution in [3.8, 4) is 0 Å². The molecule has 18 rings (SSSR count). The molecule has 4 aliphatic carbocycles. The average Bonchev–Trinajstić information content (AvgIpc) is 1.62. The Balaban J connectivity index is 0.000000141. The van der Waals surface area contributed by atoms with Crippen LogP contribution in [-0.2, 0) is 59.4 Å². The number of amides is 5. The number of pyridine rings is 5. The molecule has 37 heteroatoms. The number of allylic oxidation sites excluding steroid dienone is 4. The summed E-state index contributed by atoms with van der Waals surface area (Å²) in [6.07, 6.45) is 25.0. The van der Waals surface area contributed by atoms with Crippen molar-refractivity contribution in [1.29, 1.82) is 0 Å². The summed E-state index contributed by atoms with van der Waals surface area (Å²) in [6.45, 7) is 46.0. The van der Waals surface area contributed by atoms with Gasteiger partial charge < -0.3 is 82.7 Å². The quantitative estimate of drug-likeness (QED) is 0.100. The molecule has 0 bridgehead atoms. The van der Waals surface area contributed by atoms with Crippen molar-refractivity contribution in [3.63, 3.8) is 0 Å². The molecular formula is C98H126BBrN18O14S3. The molecule has 5 aliphatic heterocycles. The van der Waals surface area contributed by atoms with Crippen molar-refractivity contribution < 1.29 is 66.1 Å². The molecule has 0 radical (unpaired) electrons. The normalized spacial score (nSPS) is 16.4. The van der Waals surface area contributed by atoms with E-state index in [1.165, 1.54) is 43.3 Å². The lowest BCUT2D eigenvalue weighted by molar-refractivity contribution is 0.0230. The van der Waals surface area contributed by atoms with Gasteiger partial charge in [-0.1, -0.05) is 48.6 Å². The summed E-state index contributed by atoms with van der Waals surface area (Å²) < 4.78 is 55.6. The van der Waals surface area contributed by atoms with Crippen LogP contribution in [0.15, 0.2) is 142 Å². The Morgan fingerprint density at radius 3 is 1.07 bits per heavy atom. The molecule has 720 valence electrons. The maximum absolute atomic E-state index is 13.1. The van der Waals surface area contributed by atoms with E-state index < -0.39 is 45.1 Å². The third kappa shape index (κ3) is 27.0. The van der Waals surface area contributed by atoms with Crippen molar-refractivity contribution in [2.24, 2.45) is 0 Å². The van der Waals surface area contributed by atoms with Crippen molar-refractivity contribution in [3.05, 3.63) is 198 Å². The molecule has 0 saturated carbocycles. The number of carbonyl (C=O) groups excluding carboxylic acids is 5. The number of aryl methyl sites for hydroxylation is 2. The Morgan fingerprint density at radius 1 is 0.400 bits per heavy atom. The fraction of sp³-hybridized carbons (Fsp3) is 0.469. The van der Waals surface area contributed by atoms with Gasteiger partial charge in [0.15, 0.2) is 5.65 Å². The van der Waals surface area contributed by atoms with Gasteiger partial charge in [-0.15, -0.1) is 22.7 Å². The summed E-state index contributed by atoms with van der Waals surface area (Å²) in [7, 11) is -5.19. The third-order valence-corrected chi connectivity index (χ3v) is 26.8. The van der Waals surface area contributed by atoms with E-state index in [2.05, 4.69) is 129 Å². The second-order valence-corrected chi connectivity index (χ2v) is 43.6. The zero-order valence-electron chi connectivity index (χ0n) is 80.4. The number of thiazole rings is 2. The zero-order chi connectivity index (χ0) is 97.1. The summed E-state index contributed by atoms with van der Waals surface area (Å²) in [5, 5.41) is 25.8. The summed E-state index contributed by atoms with van der Waals surface area (Å²) >= 11 is 6.55. The van der Waals surface area contributed by atoms with Crippen LogP contribution in [0.3, 0.4) is 0 Å². The predicted molar refractivity (Wildman–Crippen MR) is 536 cm³/mol. The van der Waals surface area contributed by atoms with E-state index in [1.807, 2.05) is 160 Å². The van der Waals surface area contributed by atoms with Gasteiger partial charge in [-0.2, -0.15) is 0 Å². The molecule has 0 unspecified atom stereocenters. The second-order valence-electron chi connectivity index (χ2n) is 38.8. The highest BCUT2D eigenvalue weighted by molar-refractivity contribution is 9.10. The molecule has 0 atom stereocenters. The maximum atomic E-state index is 13.1. The molecule has 2 N–H and O–H groups in total. The van der Waals surface area contributed by atoms with E-state index >= 15 is 0 Å². The number of benzene rings is 1.